The molecule has 6 heteroatoms. The summed E-state index contributed by atoms with van der Waals surface area (Å²) < 4.78 is 0. The van der Waals surface area contributed by atoms with E-state index in [2.05, 4.69) is 35.2 Å². The average molecular weight is 382 g/mol. The number of halogens is 1. The third kappa shape index (κ3) is 3.09. The number of rotatable bonds is 3. The van der Waals surface area contributed by atoms with Gasteiger partial charge in [-0.05, 0) is 50.3 Å². The van der Waals surface area contributed by atoms with Crippen LogP contribution in [0.1, 0.15) is 38.2 Å². The SMILES string of the molecule is C[C@@H]1CN(c2nc(-c3cccc(Cl)c3)nc3[nH]cc(C4CC4)c23)[C@@H](C)CN1. The van der Waals surface area contributed by atoms with Gasteiger partial charge in [0.25, 0.3) is 0 Å². The molecule has 2 N–H and O–H groups in total. The molecule has 0 amide bonds. The number of hydrogen-bond acceptors (Lipinski definition) is 4. The van der Waals surface area contributed by atoms with Crippen molar-refractivity contribution in [3.63, 3.8) is 0 Å². The van der Waals surface area contributed by atoms with Crippen LogP contribution in [0.4, 0.5) is 5.82 Å². The average Bonchev–Trinajstić information content (AvgIpc) is 3.42. The molecule has 27 heavy (non-hydrogen) atoms. The molecule has 3 heterocycles. The summed E-state index contributed by atoms with van der Waals surface area (Å²) in [6.45, 7) is 6.39. The van der Waals surface area contributed by atoms with Crippen LogP contribution in [-0.2, 0) is 0 Å². The van der Waals surface area contributed by atoms with Gasteiger partial charge in [-0.15, -0.1) is 0 Å². The number of fused-ring (bicyclic) bond motifs is 1. The van der Waals surface area contributed by atoms with Gasteiger partial charge in [0, 0.05) is 42.0 Å². The second-order valence-corrected chi connectivity index (χ2v) is 8.37. The molecule has 2 fully saturated rings. The Kier molecular flexibility index (Phi) is 4.10. The van der Waals surface area contributed by atoms with E-state index in [-0.39, 0.29) is 0 Å². The van der Waals surface area contributed by atoms with Gasteiger partial charge in [0.2, 0.25) is 0 Å². The number of aromatic amines is 1. The summed E-state index contributed by atoms with van der Waals surface area (Å²) in [6, 6.07) is 8.60. The summed E-state index contributed by atoms with van der Waals surface area (Å²) in [5.74, 6) is 2.43. The molecule has 2 aliphatic rings. The van der Waals surface area contributed by atoms with E-state index in [0.29, 0.717) is 23.0 Å². The molecule has 140 valence electrons. The molecule has 0 bridgehead atoms. The topological polar surface area (TPSA) is 56.8 Å². The number of nitrogens with zero attached hydrogens (tertiary/aromatic N) is 3. The van der Waals surface area contributed by atoms with Crippen LogP contribution in [0.3, 0.4) is 0 Å². The highest BCUT2D eigenvalue weighted by Gasteiger charge is 2.32. The van der Waals surface area contributed by atoms with Gasteiger partial charge in [0.05, 0.1) is 5.39 Å². The molecule has 0 unspecified atom stereocenters. The monoisotopic (exact) mass is 381 g/mol. The van der Waals surface area contributed by atoms with Crippen molar-refractivity contribution in [2.45, 2.75) is 44.7 Å². The van der Waals surface area contributed by atoms with Crippen molar-refractivity contribution in [1.29, 1.82) is 0 Å². The number of hydrogen-bond donors (Lipinski definition) is 2. The zero-order valence-corrected chi connectivity index (χ0v) is 16.4. The van der Waals surface area contributed by atoms with Crippen molar-refractivity contribution in [3.05, 3.63) is 41.0 Å². The number of nitrogens with one attached hydrogen (secondary N) is 2. The van der Waals surface area contributed by atoms with E-state index in [0.717, 1.165) is 35.9 Å². The molecule has 2 aromatic heterocycles. The largest absolute Gasteiger partial charge is 0.350 e. The normalized spacial score (nSPS) is 23.1. The highest BCUT2D eigenvalue weighted by atomic mass is 35.5. The minimum absolute atomic E-state index is 0.383. The Labute approximate surface area is 164 Å². The van der Waals surface area contributed by atoms with Crippen LogP contribution in [0.25, 0.3) is 22.4 Å². The summed E-state index contributed by atoms with van der Waals surface area (Å²) in [5, 5.41) is 5.47. The second kappa shape index (κ2) is 6.50. The molecule has 0 spiro atoms. The van der Waals surface area contributed by atoms with Crippen molar-refractivity contribution in [1.82, 2.24) is 20.3 Å². The molecule has 1 saturated heterocycles. The van der Waals surface area contributed by atoms with Gasteiger partial charge in [-0.1, -0.05) is 23.7 Å². The van der Waals surface area contributed by atoms with E-state index >= 15 is 0 Å². The molecular weight excluding hydrogens is 358 g/mol. The first-order valence-corrected chi connectivity index (χ1v) is 10.1. The van der Waals surface area contributed by atoms with Crippen molar-refractivity contribution in [2.75, 3.05) is 18.0 Å². The molecule has 1 saturated carbocycles. The lowest BCUT2D eigenvalue weighted by Crippen LogP contribution is -2.54. The van der Waals surface area contributed by atoms with E-state index in [1.807, 2.05) is 24.3 Å². The number of aromatic nitrogens is 3. The quantitative estimate of drug-likeness (QED) is 0.708. The first-order valence-electron chi connectivity index (χ1n) is 9.75. The van der Waals surface area contributed by atoms with Crippen LogP contribution < -0.4 is 10.2 Å². The molecule has 1 aromatic carbocycles. The minimum Gasteiger partial charge on any atom is -0.350 e. The lowest BCUT2D eigenvalue weighted by atomic mass is 10.1. The molecule has 1 aliphatic heterocycles. The van der Waals surface area contributed by atoms with Crippen molar-refractivity contribution in [3.8, 4) is 11.4 Å². The molecule has 2 atom stereocenters. The number of piperazine rings is 1. The maximum atomic E-state index is 6.22. The van der Waals surface area contributed by atoms with E-state index in [4.69, 9.17) is 21.6 Å². The third-order valence-corrected chi connectivity index (χ3v) is 5.91. The maximum Gasteiger partial charge on any atom is 0.163 e. The number of anilines is 1. The van der Waals surface area contributed by atoms with Crippen molar-refractivity contribution >= 4 is 28.5 Å². The van der Waals surface area contributed by atoms with E-state index in [1.165, 1.54) is 23.8 Å². The van der Waals surface area contributed by atoms with Crippen molar-refractivity contribution in [2.24, 2.45) is 0 Å². The highest BCUT2D eigenvalue weighted by Crippen LogP contribution is 2.45. The first-order chi connectivity index (χ1) is 13.1. The Morgan fingerprint density at radius 1 is 1.19 bits per heavy atom. The fourth-order valence-corrected chi connectivity index (χ4v) is 4.23. The van der Waals surface area contributed by atoms with E-state index in [1.54, 1.807) is 0 Å². The van der Waals surface area contributed by atoms with Crippen LogP contribution in [0, 0.1) is 0 Å². The predicted octanol–water partition coefficient (Wildman–Crippen LogP) is 4.34. The Balaban J connectivity index is 1.71. The van der Waals surface area contributed by atoms with Gasteiger partial charge < -0.3 is 15.2 Å². The van der Waals surface area contributed by atoms with Crippen LogP contribution in [0.2, 0.25) is 5.02 Å². The maximum absolute atomic E-state index is 6.22. The zero-order chi connectivity index (χ0) is 18.5. The molecular formula is C21H24ClN5. The Bertz CT molecular complexity index is 993. The minimum atomic E-state index is 0.383. The smallest absolute Gasteiger partial charge is 0.163 e. The first kappa shape index (κ1) is 17.0. The number of H-pyrrole nitrogens is 1. The summed E-state index contributed by atoms with van der Waals surface area (Å²) in [6.07, 6.45) is 4.66. The van der Waals surface area contributed by atoms with E-state index < -0.39 is 0 Å². The molecule has 1 aliphatic carbocycles. The van der Waals surface area contributed by atoms with Crippen LogP contribution in [0.5, 0.6) is 0 Å². The Hall–Kier alpha value is -2.11. The molecule has 5 rings (SSSR count). The fourth-order valence-electron chi connectivity index (χ4n) is 4.03. The van der Waals surface area contributed by atoms with Crippen LogP contribution in [0.15, 0.2) is 30.5 Å². The Morgan fingerprint density at radius 2 is 2.04 bits per heavy atom. The van der Waals surface area contributed by atoms with Gasteiger partial charge in [-0.25, -0.2) is 9.97 Å². The summed E-state index contributed by atoms with van der Waals surface area (Å²) in [7, 11) is 0. The van der Waals surface area contributed by atoms with E-state index in [9.17, 15) is 0 Å². The predicted molar refractivity (Wildman–Crippen MR) is 111 cm³/mol. The van der Waals surface area contributed by atoms with Gasteiger partial charge in [-0.2, -0.15) is 0 Å². The van der Waals surface area contributed by atoms with Gasteiger partial charge in [0.1, 0.15) is 11.5 Å². The lowest BCUT2D eigenvalue weighted by molar-refractivity contribution is 0.423. The standard InChI is InChI=1S/C21H24ClN5/c1-12-11-27(13(2)9-23-12)21-18-17(14-6-7-14)10-24-20(18)25-19(26-21)15-4-3-5-16(22)8-15/h3-5,8,10,12-14,23H,6-7,9,11H2,1-2H3,(H,24,25,26)/t12-,13+/m1/s1. The van der Waals surface area contributed by atoms with Crippen molar-refractivity contribution < 1.29 is 0 Å². The molecule has 0 radical (unpaired) electrons. The molecule has 3 aromatic rings. The van der Waals surface area contributed by atoms with Gasteiger partial charge >= 0.3 is 0 Å². The molecule has 5 nitrogen and oxygen atoms in total. The van der Waals surface area contributed by atoms with Crippen LogP contribution in [-0.4, -0.2) is 40.1 Å². The highest BCUT2D eigenvalue weighted by molar-refractivity contribution is 6.30. The van der Waals surface area contributed by atoms with Crippen LogP contribution >= 0.6 is 11.6 Å². The fraction of sp³-hybridized carbons (Fsp3) is 0.429. The lowest BCUT2D eigenvalue weighted by Gasteiger charge is -2.39. The summed E-state index contributed by atoms with van der Waals surface area (Å²) in [4.78, 5) is 15.8. The zero-order valence-electron chi connectivity index (χ0n) is 15.7. The number of benzene rings is 1. The van der Waals surface area contributed by atoms with Gasteiger partial charge in [-0.3, -0.25) is 0 Å². The summed E-state index contributed by atoms with van der Waals surface area (Å²) >= 11 is 6.22. The van der Waals surface area contributed by atoms with Gasteiger partial charge in [0.15, 0.2) is 5.82 Å². The summed E-state index contributed by atoms with van der Waals surface area (Å²) in [5.41, 5.74) is 3.25. The third-order valence-electron chi connectivity index (χ3n) is 5.68. The Morgan fingerprint density at radius 3 is 2.81 bits per heavy atom. The second-order valence-electron chi connectivity index (χ2n) is 7.93.